The summed E-state index contributed by atoms with van der Waals surface area (Å²) in [6.07, 6.45) is 1.18. The zero-order valence-corrected chi connectivity index (χ0v) is 14.2. The Hall–Kier alpha value is -1.98. The van der Waals surface area contributed by atoms with E-state index in [1.165, 1.54) is 4.90 Å². The third-order valence-corrected chi connectivity index (χ3v) is 4.18. The zero-order chi connectivity index (χ0) is 17.0. The first-order valence-corrected chi connectivity index (χ1v) is 7.82. The van der Waals surface area contributed by atoms with Crippen molar-refractivity contribution in [3.05, 3.63) is 23.8 Å². The van der Waals surface area contributed by atoms with Crippen molar-refractivity contribution in [1.29, 1.82) is 0 Å². The molecular weight excluding hydrogens is 299 g/mol. The number of amides is 2. The first-order valence-electron chi connectivity index (χ1n) is 7.82. The Bertz CT molecular complexity index is 563. The van der Waals surface area contributed by atoms with Crippen LogP contribution in [0.1, 0.15) is 38.3 Å². The minimum atomic E-state index is -1.31. The molecule has 6 heteroatoms. The Labute approximate surface area is 136 Å². The minimum Gasteiger partial charge on any atom is -0.497 e. The van der Waals surface area contributed by atoms with Gasteiger partial charge in [-0.3, -0.25) is 0 Å². The lowest BCUT2D eigenvalue weighted by atomic mass is 9.97. The highest BCUT2D eigenvalue weighted by Crippen LogP contribution is 2.30. The van der Waals surface area contributed by atoms with Gasteiger partial charge in [-0.15, -0.1) is 0 Å². The number of rotatable bonds is 4. The molecule has 0 saturated carbocycles. The lowest BCUT2D eigenvalue weighted by Crippen LogP contribution is -2.50. The number of hydrogen-bond donors (Lipinski definition) is 1. The highest BCUT2D eigenvalue weighted by molar-refractivity contribution is 5.75. The average molecular weight is 324 g/mol. The molecule has 1 heterocycles. The molecule has 1 unspecified atom stereocenters. The smallest absolute Gasteiger partial charge is 0.317 e. The fourth-order valence-electron chi connectivity index (χ4n) is 2.90. The van der Waals surface area contributed by atoms with E-state index in [1.54, 1.807) is 27.2 Å². The monoisotopic (exact) mass is 324 g/mol. The van der Waals surface area contributed by atoms with Crippen molar-refractivity contribution < 1.29 is 18.7 Å². The van der Waals surface area contributed by atoms with E-state index in [4.69, 9.17) is 9.47 Å². The fourth-order valence-corrected chi connectivity index (χ4v) is 2.90. The van der Waals surface area contributed by atoms with E-state index in [-0.39, 0.29) is 18.6 Å². The lowest BCUT2D eigenvalue weighted by Gasteiger charge is -2.35. The fraction of sp³-hybridized carbons (Fsp3) is 0.588. The van der Waals surface area contributed by atoms with Gasteiger partial charge in [0.1, 0.15) is 17.2 Å². The van der Waals surface area contributed by atoms with Gasteiger partial charge in [-0.1, -0.05) is 0 Å². The zero-order valence-electron chi connectivity index (χ0n) is 14.2. The van der Waals surface area contributed by atoms with Gasteiger partial charge >= 0.3 is 6.03 Å². The van der Waals surface area contributed by atoms with Crippen LogP contribution < -0.4 is 14.8 Å². The van der Waals surface area contributed by atoms with Gasteiger partial charge in [0.25, 0.3) is 0 Å². The van der Waals surface area contributed by atoms with Crippen LogP contribution in [0.3, 0.4) is 0 Å². The molecule has 1 N–H and O–H groups in total. The number of piperidine rings is 1. The number of ether oxygens (including phenoxy) is 2. The lowest BCUT2D eigenvalue weighted by molar-refractivity contribution is 0.0756. The van der Waals surface area contributed by atoms with Gasteiger partial charge in [0.05, 0.1) is 26.8 Å². The van der Waals surface area contributed by atoms with Gasteiger partial charge in [0.2, 0.25) is 0 Å². The quantitative estimate of drug-likeness (QED) is 0.924. The number of carbonyl (C=O) groups is 1. The van der Waals surface area contributed by atoms with Crippen LogP contribution in [-0.4, -0.2) is 43.9 Å². The minimum absolute atomic E-state index is 0.130. The molecule has 0 aromatic heterocycles. The van der Waals surface area contributed by atoms with Crippen molar-refractivity contribution in [3.8, 4) is 11.5 Å². The topological polar surface area (TPSA) is 50.8 Å². The van der Waals surface area contributed by atoms with Crippen molar-refractivity contribution in [1.82, 2.24) is 10.2 Å². The molecule has 2 rings (SSSR count). The largest absolute Gasteiger partial charge is 0.497 e. The van der Waals surface area contributed by atoms with E-state index in [9.17, 15) is 9.18 Å². The van der Waals surface area contributed by atoms with E-state index in [0.29, 0.717) is 30.9 Å². The standard InChI is InChI=1S/C17H25FN2O3/c1-12(14-7-6-13(22-3)10-15(14)23-4)19-16(21)20-9-5-8-17(2,18)11-20/h6-7,10,12H,5,8-9,11H2,1-4H3,(H,19,21)/t12-,17?/m1/s1. The number of methoxy groups -OCH3 is 2. The number of likely N-dealkylation sites (tertiary alicyclic amines) is 1. The summed E-state index contributed by atoms with van der Waals surface area (Å²) in [5.41, 5.74) is -0.460. The summed E-state index contributed by atoms with van der Waals surface area (Å²) in [4.78, 5) is 13.9. The maximum absolute atomic E-state index is 14.1. The molecule has 0 bridgehead atoms. The molecule has 1 aromatic carbocycles. The second-order valence-electron chi connectivity index (χ2n) is 6.22. The van der Waals surface area contributed by atoms with Gasteiger partial charge in [-0.25, -0.2) is 9.18 Å². The van der Waals surface area contributed by atoms with Crippen LogP contribution in [0.4, 0.5) is 9.18 Å². The van der Waals surface area contributed by atoms with Crippen LogP contribution in [-0.2, 0) is 0 Å². The summed E-state index contributed by atoms with van der Waals surface area (Å²) in [6.45, 7) is 4.13. The molecule has 1 saturated heterocycles. The van der Waals surface area contributed by atoms with E-state index in [0.717, 1.165) is 5.56 Å². The van der Waals surface area contributed by atoms with Gasteiger partial charge < -0.3 is 19.7 Å². The Morgan fingerprint density at radius 2 is 2.13 bits per heavy atom. The van der Waals surface area contributed by atoms with Crippen molar-refractivity contribution in [2.45, 2.75) is 38.4 Å². The predicted molar refractivity (Wildman–Crippen MR) is 86.8 cm³/mol. The first kappa shape index (κ1) is 17.4. The summed E-state index contributed by atoms with van der Waals surface area (Å²) in [6, 6.07) is 4.95. The molecule has 0 radical (unpaired) electrons. The molecular formula is C17H25FN2O3. The van der Waals surface area contributed by atoms with E-state index in [2.05, 4.69) is 5.32 Å². The third-order valence-electron chi connectivity index (χ3n) is 4.18. The molecule has 0 spiro atoms. The number of urea groups is 1. The van der Waals surface area contributed by atoms with Crippen LogP contribution in [0.2, 0.25) is 0 Å². The summed E-state index contributed by atoms with van der Waals surface area (Å²) in [7, 11) is 3.16. The second-order valence-corrected chi connectivity index (χ2v) is 6.22. The van der Waals surface area contributed by atoms with Gasteiger partial charge in [0.15, 0.2) is 0 Å². The Kier molecular flexibility index (Phi) is 5.34. The first-order chi connectivity index (χ1) is 10.9. The van der Waals surface area contributed by atoms with Crippen LogP contribution in [0, 0.1) is 0 Å². The summed E-state index contributed by atoms with van der Waals surface area (Å²) in [5.74, 6) is 1.33. The number of nitrogens with one attached hydrogen (secondary N) is 1. The predicted octanol–water partition coefficient (Wildman–Crippen LogP) is 3.30. The molecule has 1 aromatic rings. The number of halogens is 1. The molecule has 128 valence electrons. The van der Waals surface area contributed by atoms with Crippen LogP contribution in [0.5, 0.6) is 11.5 Å². The normalized spacial score (nSPS) is 22.4. The summed E-state index contributed by atoms with van der Waals surface area (Å²) >= 11 is 0. The Morgan fingerprint density at radius 3 is 2.74 bits per heavy atom. The van der Waals surface area contributed by atoms with Crippen LogP contribution in [0.15, 0.2) is 18.2 Å². The molecule has 1 fully saturated rings. The number of alkyl halides is 1. The van der Waals surface area contributed by atoms with Gasteiger partial charge in [-0.2, -0.15) is 0 Å². The van der Waals surface area contributed by atoms with E-state index >= 15 is 0 Å². The van der Waals surface area contributed by atoms with Crippen molar-refractivity contribution in [3.63, 3.8) is 0 Å². The maximum Gasteiger partial charge on any atom is 0.317 e. The number of hydrogen-bond acceptors (Lipinski definition) is 3. The Balaban J connectivity index is 2.06. The molecule has 23 heavy (non-hydrogen) atoms. The highest BCUT2D eigenvalue weighted by atomic mass is 19.1. The average Bonchev–Trinajstić information content (AvgIpc) is 2.53. The third kappa shape index (κ3) is 4.27. The Morgan fingerprint density at radius 1 is 1.39 bits per heavy atom. The summed E-state index contributed by atoms with van der Waals surface area (Å²) < 4.78 is 24.6. The highest BCUT2D eigenvalue weighted by Gasteiger charge is 2.33. The molecule has 1 aliphatic rings. The van der Waals surface area contributed by atoms with Gasteiger partial charge in [-0.05, 0) is 38.8 Å². The molecule has 1 aliphatic heterocycles. The van der Waals surface area contributed by atoms with E-state index in [1.807, 2.05) is 19.1 Å². The summed E-state index contributed by atoms with van der Waals surface area (Å²) in [5, 5.41) is 2.92. The molecule has 2 amide bonds. The number of benzene rings is 1. The van der Waals surface area contributed by atoms with Crippen molar-refractivity contribution in [2.75, 3.05) is 27.3 Å². The molecule has 5 nitrogen and oxygen atoms in total. The SMILES string of the molecule is COc1ccc([C@@H](C)NC(=O)N2CCCC(C)(F)C2)c(OC)c1. The molecule has 2 atom stereocenters. The van der Waals surface area contributed by atoms with Gasteiger partial charge in [0, 0.05) is 18.2 Å². The number of nitrogens with zero attached hydrogens (tertiary/aromatic N) is 1. The van der Waals surface area contributed by atoms with E-state index < -0.39 is 5.67 Å². The maximum atomic E-state index is 14.1. The van der Waals surface area contributed by atoms with Crippen LogP contribution in [0.25, 0.3) is 0 Å². The second kappa shape index (κ2) is 7.06. The van der Waals surface area contributed by atoms with Crippen molar-refractivity contribution >= 4 is 6.03 Å². The molecule has 0 aliphatic carbocycles. The van der Waals surface area contributed by atoms with Crippen LogP contribution >= 0.6 is 0 Å². The van der Waals surface area contributed by atoms with Crippen molar-refractivity contribution in [2.24, 2.45) is 0 Å². The number of carbonyl (C=O) groups excluding carboxylic acids is 1.